The molecule has 0 aromatic heterocycles. The van der Waals surface area contributed by atoms with Gasteiger partial charge in [0.15, 0.2) is 0 Å². The zero-order chi connectivity index (χ0) is 16.9. The van der Waals surface area contributed by atoms with E-state index >= 15 is 0 Å². The Morgan fingerprint density at radius 1 is 1.20 bits per heavy atom. The smallest absolute Gasteiger partial charge is 0.223 e. The minimum atomic E-state index is 0. The Kier molecular flexibility index (Phi) is 8.10. The van der Waals surface area contributed by atoms with Crippen LogP contribution < -0.4 is 10.1 Å². The lowest BCUT2D eigenvalue weighted by Gasteiger charge is -2.28. The van der Waals surface area contributed by atoms with Crippen LogP contribution in [0.3, 0.4) is 0 Å². The largest absolute Gasteiger partial charge is 0.489 e. The van der Waals surface area contributed by atoms with Crippen LogP contribution in [0.15, 0.2) is 18.2 Å². The number of carbonyl (C=O) groups excluding carboxylic acids is 1. The molecule has 1 atom stereocenters. The van der Waals surface area contributed by atoms with Crippen LogP contribution in [0.4, 0.5) is 0 Å². The summed E-state index contributed by atoms with van der Waals surface area (Å²) >= 11 is 11.9. The summed E-state index contributed by atoms with van der Waals surface area (Å²) in [4.78, 5) is 16.5. The number of nitrogens with zero attached hydrogens (tertiary/aromatic N) is 2. The van der Waals surface area contributed by atoms with E-state index in [4.69, 9.17) is 27.9 Å². The van der Waals surface area contributed by atoms with Crippen molar-refractivity contribution in [2.75, 3.05) is 45.8 Å². The molecule has 0 radical (unpaired) electrons. The molecule has 8 heteroatoms. The van der Waals surface area contributed by atoms with Crippen LogP contribution in [0.1, 0.15) is 12.8 Å². The lowest BCUT2D eigenvalue weighted by molar-refractivity contribution is -0.132. The van der Waals surface area contributed by atoms with Crippen LogP contribution >= 0.6 is 35.6 Å². The average molecular weight is 409 g/mol. The van der Waals surface area contributed by atoms with Crippen LogP contribution in [0, 0.1) is 0 Å². The second kappa shape index (κ2) is 9.83. The summed E-state index contributed by atoms with van der Waals surface area (Å²) in [6.07, 6.45) is 1.68. The van der Waals surface area contributed by atoms with Gasteiger partial charge in [-0.2, -0.15) is 0 Å². The molecule has 25 heavy (non-hydrogen) atoms. The van der Waals surface area contributed by atoms with Crippen molar-refractivity contribution in [3.63, 3.8) is 0 Å². The van der Waals surface area contributed by atoms with Gasteiger partial charge in [0.05, 0.1) is 10.0 Å². The molecule has 140 valence electrons. The topological polar surface area (TPSA) is 44.8 Å². The van der Waals surface area contributed by atoms with Crippen molar-refractivity contribution in [3.8, 4) is 5.75 Å². The van der Waals surface area contributed by atoms with E-state index in [1.807, 2.05) is 11.0 Å². The van der Waals surface area contributed by atoms with Crippen molar-refractivity contribution >= 4 is 41.5 Å². The second-order valence-electron chi connectivity index (χ2n) is 6.29. The molecule has 0 aliphatic carbocycles. The van der Waals surface area contributed by atoms with Gasteiger partial charge >= 0.3 is 0 Å². The number of amides is 1. The van der Waals surface area contributed by atoms with Gasteiger partial charge in [0.2, 0.25) is 5.91 Å². The molecule has 0 spiro atoms. The molecule has 3 rings (SSSR count). The SMILES string of the molecule is Cl.O=C(CCN1CCC(Oc2ccc(Cl)c(Cl)c2)C1)N1CCNCC1. The van der Waals surface area contributed by atoms with E-state index in [1.165, 1.54) is 0 Å². The number of hydrogen-bond acceptors (Lipinski definition) is 4. The Hall–Kier alpha value is -0.720. The summed E-state index contributed by atoms with van der Waals surface area (Å²) in [7, 11) is 0. The first-order valence-electron chi connectivity index (χ1n) is 8.44. The second-order valence-corrected chi connectivity index (χ2v) is 7.10. The first-order chi connectivity index (χ1) is 11.6. The molecule has 1 aromatic carbocycles. The summed E-state index contributed by atoms with van der Waals surface area (Å²) in [5.41, 5.74) is 0. The third-order valence-corrected chi connectivity index (χ3v) is 5.27. The lowest BCUT2D eigenvalue weighted by atomic mass is 10.3. The Morgan fingerprint density at radius 3 is 2.68 bits per heavy atom. The van der Waals surface area contributed by atoms with Gasteiger partial charge in [0, 0.05) is 58.3 Å². The van der Waals surface area contributed by atoms with Gasteiger partial charge in [0.1, 0.15) is 11.9 Å². The highest BCUT2D eigenvalue weighted by Gasteiger charge is 2.25. The van der Waals surface area contributed by atoms with Gasteiger partial charge in [0.25, 0.3) is 0 Å². The molecule has 0 saturated carbocycles. The standard InChI is InChI=1S/C17H23Cl2N3O2.ClH/c18-15-2-1-13(11-16(15)19)24-14-3-7-21(12-14)8-4-17(23)22-9-5-20-6-10-22;/h1-2,11,14,20H,3-10,12H2;1H. The number of carbonyl (C=O) groups is 1. The Morgan fingerprint density at radius 2 is 1.96 bits per heavy atom. The number of halogens is 3. The van der Waals surface area contributed by atoms with E-state index < -0.39 is 0 Å². The fourth-order valence-corrected chi connectivity index (χ4v) is 3.45. The monoisotopic (exact) mass is 407 g/mol. The van der Waals surface area contributed by atoms with Gasteiger partial charge in [-0.1, -0.05) is 23.2 Å². The summed E-state index contributed by atoms with van der Waals surface area (Å²) in [6.45, 7) is 6.04. The number of likely N-dealkylation sites (tertiary alicyclic amines) is 1. The van der Waals surface area contributed by atoms with Crippen molar-refractivity contribution in [3.05, 3.63) is 28.2 Å². The summed E-state index contributed by atoms with van der Waals surface area (Å²) in [6, 6.07) is 5.34. The first kappa shape index (κ1) is 20.6. The zero-order valence-corrected chi connectivity index (χ0v) is 16.4. The first-order valence-corrected chi connectivity index (χ1v) is 9.20. The van der Waals surface area contributed by atoms with Crippen LogP contribution in [0.25, 0.3) is 0 Å². The molecule has 1 aromatic rings. The molecule has 2 aliphatic heterocycles. The molecule has 2 fully saturated rings. The van der Waals surface area contributed by atoms with Gasteiger partial charge in [-0.05, 0) is 18.6 Å². The van der Waals surface area contributed by atoms with E-state index in [0.717, 1.165) is 58.0 Å². The average Bonchev–Trinajstić information content (AvgIpc) is 3.04. The maximum atomic E-state index is 12.2. The fraction of sp³-hybridized carbons (Fsp3) is 0.588. The molecule has 2 saturated heterocycles. The van der Waals surface area contributed by atoms with Crippen molar-refractivity contribution in [2.24, 2.45) is 0 Å². The number of ether oxygens (including phenoxy) is 1. The van der Waals surface area contributed by atoms with E-state index in [9.17, 15) is 4.79 Å². The van der Waals surface area contributed by atoms with E-state index in [0.29, 0.717) is 16.5 Å². The Balaban J connectivity index is 0.00000225. The third kappa shape index (κ3) is 5.90. The van der Waals surface area contributed by atoms with Crippen molar-refractivity contribution in [2.45, 2.75) is 18.9 Å². The number of nitrogens with one attached hydrogen (secondary N) is 1. The molecule has 2 aliphatic rings. The van der Waals surface area contributed by atoms with E-state index in [1.54, 1.807) is 12.1 Å². The lowest BCUT2D eigenvalue weighted by Crippen LogP contribution is -2.47. The van der Waals surface area contributed by atoms with E-state index in [-0.39, 0.29) is 24.4 Å². The predicted molar refractivity (Wildman–Crippen MR) is 103 cm³/mol. The molecule has 0 bridgehead atoms. The number of benzene rings is 1. The molecular weight excluding hydrogens is 385 g/mol. The molecule has 1 unspecified atom stereocenters. The van der Waals surface area contributed by atoms with Crippen molar-refractivity contribution in [1.29, 1.82) is 0 Å². The Bertz CT molecular complexity index is 582. The third-order valence-electron chi connectivity index (χ3n) is 4.53. The highest BCUT2D eigenvalue weighted by atomic mass is 35.5. The molecular formula is C17H24Cl3N3O2. The highest BCUT2D eigenvalue weighted by Crippen LogP contribution is 2.28. The highest BCUT2D eigenvalue weighted by molar-refractivity contribution is 6.42. The maximum absolute atomic E-state index is 12.2. The number of piperazine rings is 1. The van der Waals surface area contributed by atoms with Crippen LogP contribution in [-0.2, 0) is 4.79 Å². The van der Waals surface area contributed by atoms with Gasteiger partial charge in [-0.25, -0.2) is 0 Å². The minimum Gasteiger partial charge on any atom is -0.489 e. The van der Waals surface area contributed by atoms with Crippen LogP contribution in [0.2, 0.25) is 10.0 Å². The fourth-order valence-electron chi connectivity index (χ4n) is 3.17. The molecule has 5 nitrogen and oxygen atoms in total. The van der Waals surface area contributed by atoms with Crippen molar-refractivity contribution in [1.82, 2.24) is 15.1 Å². The molecule has 1 amide bonds. The normalized spacial score (nSPS) is 21.0. The minimum absolute atomic E-state index is 0. The van der Waals surface area contributed by atoms with Crippen LogP contribution in [-0.4, -0.2) is 67.6 Å². The molecule has 2 heterocycles. The predicted octanol–water partition coefficient (Wildman–Crippen LogP) is 2.69. The quantitative estimate of drug-likeness (QED) is 0.813. The van der Waals surface area contributed by atoms with Gasteiger partial charge < -0.3 is 15.0 Å². The number of rotatable bonds is 5. The van der Waals surface area contributed by atoms with Crippen molar-refractivity contribution < 1.29 is 9.53 Å². The van der Waals surface area contributed by atoms with Crippen LogP contribution in [0.5, 0.6) is 5.75 Å². The Labute approximate surface area is 165 Å². The summed E-state index contributed by atoms with van der Waals surface area (Å²) < 4.78 is 5.98. The van der Waals surface area contributed by atoms with Gasteiger partial charge in [-0.15, -0.1) is 12.4 Å². The molecule has 1 N–H and O–H groups in total. The van der Waals surface area contributed by atoms with E-state index in [2.05, 4.69) is 10.2 Å². The number of hydrogen-bond donors (Lipinski definition) is 1. The van der Waals surface area contributed by atoms with Gasteiger partial charge in [-0.3, -0.25) is 9.69 Å². The summed E-state index contributed by atoms with van der Waals surface area (Å²) in [5.74, 6) is 0.999. The maximum Gasteiger partial charge on any atom is 0.223 e. The summed E-state index contributed by atoms with van der Waals surface area (Å²) in [5, 5.41) is 4.30. The zero-order valence-electron chi connectivity index (χ0n) is 14.0.